The summed E-state index contributed by atoms with van der Waals surface area (Å²) < 4.78 is 0. The lowest BCUT2D eigenvalue weighted by Gasteiger charge is -2.11. The van der Waals surface area contributed by atoms with E-state index in [9.17, 15) is 4.79 Å². The van der Waals surface area contributed by atoms with Crippen LogP contribution in [0, 0.1) is 5.92 Å². The summed E-state index contributed by atoms with van der Waals surface area (Å²) >= 11 is 1.33. The van der Waals surface area contributed by atoms with Gasteiger partial charge in [-0.05, 0) is 5.92 Å². The standard InChI is InChI=1S/C12H18N2O2S/c13-11-10(12(15)16)14-9(17-11)7-8-5-3-1-2-4-6-8/h8H,1-7,13H2,(H,15,16). The van der Waals surface area contributed by atoms with E-state index in [1.54, 1.807) is 0 Å². The van der Waals surface area contributed by atoms with E-state index in [1.165, 1.54) is 49.9 Å². The van der Waals surface area contributed by atoms with Gasteiger partial charge in [0.1, 0.15) is 5.00 Å². The number of rotatable bonds is 3. The van der Waals surface area contributed by atoms with E-state index in [2.05, 4.69) is 4.98 Å². The van der Waals surface area contributed by atoms with Crippen molar-refractivity contribution in [1.29, 1.82) is 0 Å². The van der Waals surface area contributed by atoms with E-state index in [4.69, 9.17) is 10.8 Å². The normalized spacial score (nSPS) is 17.9. The number of hydrogen-bond donors (Lipinski definition) is 2. The van der Waals surface area contributed by atoms with Crippen molar-refractivity contribution in [2.45, 2.75) is 44.9 Å². The molecule has 5 heteroatoms. The van der Waals surface area contributed by atoms with Gasteiger partial charge in [0.05, 0.1) is 5.01 Å². The number of nitrogens with zero attached hydrogens (tertiary/aromatic N) is 1. The summed E-state index contributed by atoms with van der Waals surface area (Å²) in [6.45, 7) is 0. The molecule has 1 aromatic rings. The molecule has 1 aromatic heterocycles. The predicted molar refractivity (Wildman–Crippen MR) is 68.4 cm³/mol. The van der Waals surface area contributed by atoms with Crippen molar-refractivity contribution < 1.29 is 9.90 Å². The Morgan fingerprint density at radius 1 is 1.35 bits per heavy atom. The Morgan fingerprint density at radius 2 is 2.00 bits per heavy atom. The van der Waals surface area contributed by atoms with Crippen LogP contribution in [0.4, 0.5) is 5.00 Å². The molecule has 0 unspecified atom stereocenters. The minimum absolute atomic E-state index is 0.0265. The molecular weight excluding hydrogens is 236 g/mol. The Hall–Kier alpha value is -1.10. The third-order valence-corrected chi connectivity index (χ3v) is 4.25. The number of carboxylic acids is 1. The van der Waals surface area contributed by atoms with Gasteiger partial charge in [0.2, 0.25) is 0 Å². The van der Waals surface area contributed by atoms with Crippen LogP contribution >= 0.6 is 11.3 Å². The number of hydrogen-bond acceptors (Lipinski definition) is 4. The third-order valence-electron chi connectivity index (χ3n) is 3.34. The van der Waals surface area contributed by atoms with Gasteiger partial charge in [0, 0.05) is 6.42 Å². The zero-order chi connectivity index (χ0) is 12.3. The lowest BCUT2D eigenvalue weighted by molar-refractivity contribution is 0.0692. The monoisotopic (exact) mass is 254 g/mol. The second-order valence-corrected chi connectivity index (χ2v) is 5.80. The Labute approximate surface area is 105 Å². The van der Waals surface area contributed by atoms with E-state index in [0.29, 0.717) is 10.9 Å². The maximum absolute atomic E-state index is 10.8. The zero-order valence-electron chi connectivity index (χ0n) is 9.82. The van der Waals surface area contributed by atoms with Crippen molar-refractivity contribution in [3.8, 4) is 0 Å². The second-order valence-electron chi connectivity index (χ2n) is 4.69. The molecule has 1 fully saturated rings. The molecule has 1 aliphatic rings. The summed E-state index contributed by atoms with van der Waals surface area (Å²) in [5, 5.41) is 10.1. The minimum atomic E-state index is -1.02. The molecule has 0 saturated heterocycles. The summed E-state index contributed by atoms with van der Waals surface area (Å²) in [5.41, 5.74) is 5.68. The molecule has 0 spiro atoms. The fourth-order valence-corrected chi connectivity index (χ4v) is 3.37. The smallest absolute Gasteiger partial charge is 0.357 e. The van der Waals surface area contributed by atoms with Gasteiger partial charge < -0.3 is 10.8 Å². The number of thiazole rings is 1. The molecule has 1 heterocycles. The van der Waals surface area contributed by atoms with Gasteiger partial charge in [-0.1, -0.05) is 38.5 Å². The Balaban J connectivity index is 2.02. The summed E-state index contributed by atoms with van der Waals surface area (Å²) in [6.07, 6.45) is 8.61. The highest BCUT2D eigenvalue weighted by molar-refractivity contribution is 7.15. The average Bonchev–Trinajstić information content (AvgIpc) is 2.50. The highest BCUT2D eigenvalue weighted by Gasteiger charge is 2.19. The van der Waals surface area contributed by atoms with Gasteiger partial charge in [0.25, 0.3) is 0 Å². The molecule has 0 atom stereocenters. The van der Waals surface area contributed by atoms with Crippen molar-refractivity contribution in [2.24, 2.45) is 5.92 Å². The zero-order valence-corrected chi connectivity index (χ0v) is 10.6. The third kappa shape index (κ3) is 3.19. The van der Waals surface area contributed by atoms with E-state index in [0.717, 1.165) is 11.4 Å². The molecule has 0 radical (unpaired) electrons. The van der Waals surface area contributed by atoms with Crippen LogP contribution in [0.1, 0.15) is 54.0 Å². The van der Waals surface area contributed by atoms with Crippen LogP contribution < -0.4 is 5.73 Å². The highest BCUT2D eigenvalue weighted by atomic mass is 32.1. The largest absolute Gasteiger partial charge is 0.476 e. The summed E-state index contributed by atoms with van der Waals surface area (Å²) in [6, 6.07) is 0. The van der Waals surface area contributed by atoms with Crippen molar-refractivity contribution in [2.75, 3.05) is 5.73 Å². The lowest BCUT2D eigenvalue weighted by atomic mass is 9.97. The Morgan fingerprint density at radius 3 is 2.53 bits per heavy atom. The van der Waals surface area contributed by atoms with Crippen LogP contribution in [0.2, 0.25) is 0 Å². The van der Waals surface area contributed by atoms with Gasteiger partial charge in [-0.25, -0.2) is 9.78 Å². The van der Waals surface area contributed by atoms with Crippen LogP contribution in [0.25, 0.3) is 0 Å². The lowest BCUT2D eigenvalue weighted by Crippen LogP contribution is -2.04. The quantitative estimate of drug-likeness (QED) is 0.813. The Bertz CT molecular complexity index is 395. The molecule has 3 N–H and O–H groups in total. The van der Waals surface area contributed by atoms with Crippen LogP contribution in [0.3, 0.4) is 0 Å². The van der Waals surface area contributed by atoms with E-state index in [1.807, 2.05) is 0 Å². The SMILES string of the molecule is Nc1sc(CC2CCCCCC2)nc1C(=O)O. The molecule has 1 saturated carbocycles. The van der Waals surface area contributed by atoms with Crippen LogP contribution in [0.5, 0.6) is 0 Å². The summed E-state index contributed by atoms with van der Waals surface area (Å²) in [7, 11) is 0. The molecule has 0 bridgehead atoms. The molecule has 0 amide bonds. The number of aromatic nitrogens is 1. The molecular formula is C12H18N2O2S. The van der Waals surface area contributed by atoms with Gasteiger partial charge in [-0.3, -0.25) is 0 Å². The molecule has 4 nitrogen and oxygen atoms in total. The predicted octanol–water partition coefficient (Wildman–Crippen LogP) is 2.94. The number of nitrogen functional groups attached to an aromatic ring is 1. The molecule has 94 valence electrons. The van der Waals surface area contributed by atoms with Crippen LogP contribution in [-0.2, 0) is 6.42 Å². The summed E-state index contributed by atoms with van der Waals surface area (Å²) in [4.78, 5) is 15.0. The van der Waals surface area contributed by atoms with Gasteiger partial charge in [0.15, 0.2) is 5.69 Å². The maximum Gasteiger partial charge on any atom is 0.357 e. The molecule has 17 heavy (non-hydrogen) atoms. The Kier molecular flexibility index (Phi) is 3.99. The number of carbonyl (C=O) groups is 1. The molecule has 2 rings (SSSR count). The van der Waals surface area contributed by atoms with Crippen LogP contribution in [0.15, 0.2) is 0 Å². The fraction of sp³-hybridized carbons (Fsp3) is 0.667. The first kappa shape index (κ1) is 12.4. The average molecular weight is 254 g/mol. The highest BCUT2D eigenvalue weighted by Crippen LogP contribution is 2.29. The minimum Gasteiger partial charge on any atom is -0.476 e. The first-order chi connectivity index (χ1) is 8.16. The molecule has 0 aliphatic heterocycles. The number of carboxylic acid groups (broad SMARTS) is 1. The second kappa shape index (κ2) is 5.49. The van der Waals surface area contributed by atoms with Gasteiger partial charge in [-0.15, -0.1) is 11.3 Å². The molecule has 1 aliphatic carbocycles. The van der Waals surface area contributed by atoms with E-state index >= 15 is 0 Å². The van der Waals surface area contributed by atoms with E-state index in [-0.39, 0.29) is 5.69 Å². The van der Waals surface area contributed by atoms with E-state index < -0.39 is 5.97 Å². The van der Waals surface area contributed by atoms with Crippen molar-refractivity contribution in [3.63, 3.8) is 0 Å². The first-order valence-electron chi connectivity index (χ1n) is 6.15. The number of anilines is 1. The number of aromatic carboxylic acids is 1. The first-order valence-corrected chi connectivity index (χ1v) is 6.97. The maximum atomic E-state index is 10.8. The fourth-order valence-electron chi connectivity index (χ4n) is 2.43. The van der Waals surface area contributed by atoms with Crippen molar-refractivity contribution in [3.05, 3.63) is 10.7 Å². The van der Waals surface area contributed by atoms with Crippen LogP contribution in [-0.4, -0.2) is 16.1 Å². The van der Waals surface area contributed by atoms with Crippen molar-refractivity contribution in [1.82, 2.24) is 4.98 Å². The summed E-state index contributed by atoms with van der Waals surface area (Å²) in [5.74, 6) is -0.365. The van der Waals surface area contributed by atoms with Gasteiger partial charge in [-0.2, -0.15) is 0 Å². The van der Waals surface area contributed by atoms with Gasteiger partial charge >= 0.3 is 5.97 Å². The number of nitrogens with two attached hydrogens (primary N) is 1. The van der Waals surface area contributed by atoms with Crippen molar-refractivity contribution >= 4 is 22.3 Å². The topological polar surface area (TPSA) is 76.2 Å². The molecule has 0 aromatic carbocycles.